The fourth-order valence-corrected chi connectivity index (χ4v) is 2.20. The van der Waals surface area contributed by atoms with Crippen molar-refractivity contribution in [1.29, 1.82) is 0 Å². The number of nitrogens with zero attached hydrogens (tertiary/aromatic N) is 2. The minimum absolute atomic E-state index is 0.845. The summed E-state index contributed by atoms with van der Waals surface area (Å²) in [5, 5.41) is 1.02. The SMILES string of the molecule is CC.COc1ccnc2ccc(-c3ccnc(C)c3)cc12. The summed E-state index contributed by atoms with van der Waals surface area (Å²) in [4.78, 5) is 8.57. The second-order valence-electron chi connectivity index (χ2n) is 4.43. The Morgan fingerprint density at radius 3 is 2.29 bits per heavy atom. The third-order valence-electron chi connectivity index (χ3n) is 3.15. The van der Waals surface area contributed by atoms with Gasteiger partial charge in [-0.2, -0.15) is 0 Å². The number of rotatable bonds is 2. The van der Waals surface area contributed by atoms with Crippen molar-refractivity contribution < 1.29 is 4.74 Å². The molecule has 0 bridgehead atoms. The minimum atomic E-state index is 0.845. The molecule has 3 rings (SSSR count). The lowest BCUT2D eigenvalue weighted by atomic mass is 10.0. The van der Waals surface area contributed by atoms with Crippen LogP contribution in [0.2, 0.25) is 0 Å². The maximum atomic E-state index is 5.39. The van der Waals surface area contributed by atoms with E-state index in [0.29, 0.717) is 0 Å². The first-order chi connectivity index (χ1) is 10.3. The van der Waals surface area contributed by atoms with Crippen LogP contribution < -0.4 is 4.74 Å². The third kappa shape index (κ3) is 3.19. The van der Waals surface area contributed by atoms with Gasteiger partial charge in [0, 0.05) is 23.5 Å². The Balaban J connectivity index is 0.000000774. The number of aromatic nitrogens is 2. The summed E-state index contributed by atoms with van der Waals surface area (Å²) in [5.41, 5.74) is 4.24. The quantitative estimate of drug-likeness (QED) is 0.686. The van der Waals surface area contributed by atoms with Gasteiger partial charge in [-0.15, -0.1) is 0 Å². The van der Waals surface area contributed by atoms with Gasteiger partial charge >= 0.3 is 0 Å². The zero-order valence-corrected chi connectivity index (χ0v) is 12.9. The van der Waals surface area contributed by atoms with Gasteiger partial charge < -0.3 is 4.74 Å². The van der Waals surface area contributed by atoms with E-state index in [1.165, 1.54) is 0 Å². The molecule has 0 spiro atoms. The molecule has 0 aliphatic carbocycles. The number of methoxy groups -OCH3 is 1. The van der Waals surface area contributed by atoms with Crippen LogP contribution in [0, 0.1) is 6.92 Å². The molecule has 3 heteroatoms. The van der Waals surface area contributed by atoms with Crippen LogP contribution >= 0.6 is 0 Å². The second-order valence-corrected chi connectivity index (χ2v) is 4.43. The number of pyridine rings is 2. The number of benzene rings is 1. The Bertz CT molecular complexity index is 738. The molecular weight excluding hydrogens is 260 g/mol. The minimum Gasteiger partial charge on any atom is -0.496 e. The van der Waals surface area contributed by atoms with Crippen molar-refractivity contribution in [2.45, 2.75) is 20.8 Å². The van der Waals surface area contributed by atoms with Gasteiger partial charge in [-0.05, 0) is 48.4 Å². The average molecular weight is 280 g/mol. The summed E-state index contributed by atoms with van der Waals surface area (Å²) >= 11 is 0. The summed E-state index contributed by atoms with van der Waals surface area (Å²) in [6, 6.07) is 12.2. The van der Waals surface area contributed by atoms with Crippen molar-refractivity contribution in [2.75, 3.05) is 7.11 Å². The highest BCUT2D eigenvalue weighted by atomic mass is 16.5. The largest absolute Gasteiger partial charge is 0.496 e. The molecule has 0 aliphatic rings. The van der Waals surface area contributed by atoms with Crippen LogP contribution in [0.3, 0.4) is 0 Å². The molecule has 0 atom stereocenters. The second kappa shape index (κ2) is 6.84. The monoisotopic (exact) mass is 280 g/mol. The van der Waals surface area contributed by atoms with Gasteiger partial charge in [0.1, 0.15) is 5.75 Å². The molecule has 0 aliphatic heterocycles. The Morgan fingerprint density at radius 2 is 1.57 bits per heavy atom. The van der Waals surface area contributed by atoms with Crippen LogP contribution in [0.1, 0.15) is 19.5 Å². The summed E-state index contributed by atoms with van der Waals surface area (Å²) in [5.74, 6) is 0.845. The van der Waals surface area contributed by atoms with E-state index in [1.807, 2.05) is 45.2 Å². The molecule has 0 radical (unpaired) electrons. The molecule has 3 aromatic rings. The molecule has 0 saturated heterocycles. The van der Waals surface area contributed by atoms with E-state index >= 15 is 0 Å². The smallest absolute Gasteiger partial charge is 0.129 e. The van der Waals surface area contributed by atoms with Crippen molar-refractivity contribution in [2.24, 2.45) is 0 Å². The first kappa shape index (κ1) is 15.0. The van der Waals surface area contributed by atoms with Gasteiger partial charge in [0.2, 0.25) is 0 Å². The lowest BCUT2D eigenvalue weighted by Crippen LogP contribution is -1.88. The highest BCUT2D eigenvalue weighted by Crippen LogP contribution is 2.29. The van der Waals surface area contributed by atoms with Gasteiger partial charge in [0.05, 0.1) is 12.6 Å². The van der Waals surface area contributed by atoms with Crippen LogP contribution in [-0.4, -0.2) is 17.1 Å². The van der Waals surface area contributed by atoms with E-state index in [-0.39, 0.29) is 0 Å². The normalized spacial score (nSPS) is 9.90. The number of ether oxygens (including phenoxy) is 1. The molecule has 1 aromatic carbocycles. The summed E-state index contributed by atoms with van der Waals surface area (Å²) in [6.45, 7) is 5.99. The Morgan fingerprint density at radius 1 is 0.857 bits per heavy atom. The highest BCUT2D eigenvalue weighted by molar-refractivity contribution is 5.89. The van der Waals surface area contributed by atoms with Gasteiger partial charge in [-0.25, -0.2) is 0 Å². The molecule has 21 heavy (non-hydrogen) atoms. The predicted octanol–water partition coefficient (Wildman–Crippen LogP) is 4.64. The molecule has 0 unspecified atom stereocenters. The van der Waals surface area contributed by atoms with Crippen LogP contribution in [0.25, 0.3) is 22.0 Å². The molecule has 0 amide bonds. The van der Waals surface area contributed by atoms with Crippen LogP contribution in [-0.2, 0) is 0 Å². The molecule has 0 N–H and O–H groups in total. The summed E-state index contributed by atoms with van der Waals surface area (Å²) < 4.78 is 5.39. The summed E-state index contributed by atoms with van der Waals surface area (Å²) in [7, 11) is 1.68. The van der Waals surface area contributed by atoms with E-state index < -0.39 is 0 Å². The van der Waals surface area contributed by atoms with Crippen molar-refractivity contribution in [1.82, 2.24) is 9.97 Å². The van der Waals surface area contributed by atoms with Crippen LogP contribution in [0.5, 0.6) is 5.75 Å². The van der Waals surface area contributed by atoms with E-state index in [2.05, 4.69) is 28.2 Å². The number of hydrogen-bond donors (Lipinski definition) is 0. The van der Waals surface area contributed by atoms with Crippen LogP contribution in [0.15, 0.2) is 48.8 Å². The lowest BCUT2D eigenvalue weighted by Gasteiger charge is -2.07. The van der Waals surface area contributed by atoms with E-state index in [1.54, 1.807) is 13.3 Å². The van der Waals surface area contributed by atoms with E-state index in [0.717, 1.165) is 33.5 Å². The number of fused-ring (bicyclic) bond motifs is 1. The molecule has 0 saturated carbocycles. The van der Waals surface area contributed by atoms with Gasteiger partial charge in [0.15, 0.2) is 0 Å². The van der Waals surface area contributed by atoms with E-state index in [4.69, 9.17) is 4.74 Å². The fraction of sp³-hybridized carbons (Fsp3) is 0.222. The zero-order chi connectivity index (χ0) is 15.2. The van der Waals surface area contributed by atoms with E-state index in [9.17, 15) is 0 Å². The topological polar surface area (TPSA) is 35.0 Å². The molecule has 108 valence electrons. The van der Waals surface area contributed by atoms with Crippen molar-refractivity contribution in [3.63, 3.8) is 0 Å². The van der Waals surface area contributed by atoms with Crippen molar-refractivity contribution in [3.8, 4) is 16.9 Å². The summed E-state index contributed by atoms with van der Waals surface area (Å²) in [6.07, 6.45) is 3.59. The Kier molecular flexibility index (Phi) is 4.88. The average Bonchev–Trinajstić information content (AvgIpc) is 2.55. The predicted molar refractivity (Wildman–Crippen MR) is 87.6 cm³/mol. The maximum Gasteiger partial charge on any atom is 0.129 e. The van der Waals surface area contributed by atoms with Gasteiger partial charge in [-0.3, -0.25) is 9.97 Å². The first-order valence-corrected chi connectivity index (χ1v) is 7.14. The standard InChI is InChI=1S/C16H14N2O.C2H6/c1-11-9-13(5-7-17-11)12-3-4-15-14(10-12)16(19-2)6-8-18-15;1-2/h3-10H,1-2H3;1-2H3. The maximum absolute atomic E-state index is 5.39. The van der Waals surface area contributed by atoms with Crippen molar-refractivity contribution in [3.05, 3.63) is 54.5 Å². The number of aryl methyl sites for hydroxylation is 1. The lowest BCUT2D eigenvalue weighted by molar-refractivity contribution is 0.419. The van der Waals surface area contributed by atoms with Gasteiger partial charge in [0.25, 0.3) is 0 Å². The molecule has 2 heterocycles. The van der Waals surface area contributed by atoms with Crippen LogP contribution in [0.4, 0.5) is 0 Å². The molecule has 3 nitrogen and oxygen atoms in total. The third-order valence-corrected chi connectivity index (χ3v) is 3.15. The molecule has 0 fully saturated rings. The number of hydrogen-bond acceptors (Lipinski definition) is 3. The fourth-order valence-electron chi connectivity index (χ4n) is 2.20. The van der Waals surface area contributed by atoms with Crippen molar-refractivity contribution >= 4 is 10.9 Å². The highest BCUT2D eigenvalue weighted by Gasteiger charge is 2.05. The molecule has 2 aromatic heterocycles. The Hall–Kier alpha value is -2.42. The van der Waals surface area contributed by atoms with Gasteiger partial charge in [-0.1, -0.05) is 19.9 Å². The Labute approximate surface area is 125 Å². The zero-order valence-electron chi connectivity index (χ0n) is 12.9. The first-order valence-electron chi connectivity index (χ1n) is 7.14. The molecular formula is C18H20N2O.